The van der Waals surface area contributed by atoms with E-state index < -0.39 is 64.2 Å². The van der Waals surface area contributed by atoms with Gasteiger partial charge in [0.05, 0.1) is 6.10 Å². The summed E-state index contributed by atoms with van der Waals surface area (Å²) in [4.78, 5) is 54.0. The maximum absolute atomic E-state index is 13.4. The van der Waals surface area contributed by atoms with Crippen molar-refractivity contribution in [1.29, 1.82) is 0 Å². The van der Waals surface area contributed by atoms with Crippen molar-refractivity contribution in [3.8, 4) is 17.1 Å². The lowest BCUT2D eigenvalue weighted by Gasteiger charge is -2.66. The Morgan fingerprint density at radius 2 is 1.76 bits per heavy atom. The van der Waals surface area contributed by atoms with Gasteiger partial charge in [0.1, 0.15) is 41.5 Å². The Labute approximate surface area is 243 Å². The number of carbonyl (C=O) groups is 3. The lowest BCUT2D eigenvalue weighted by atomic mass is 9.42. The van der Waals surface area contributed by atoms with Crippen molar-refractivity contribution in [1.82, 2.24) is 4.98 Å². The maximum Gasteiger partial charge on any atom is 0.345 e. The Morgan fingerprint density at radius 3 is 2.38 bits per heavy atom. The van der Waals surface area contributed by atoms with Gasteiger partial charge in [0.2, 0.25) is 0 Å². The van der Waals surface area contributed by atoms with Crippen LogP contribution in [0.4, 0.5) is 0 Å². The summed E-state index contributed by atoms with van der Waals surface area (Å²) >= 11 is 0. The molecule has 8 atom stereocenters. The Hall–Kier alpha value is -3.73. The molecule has 226 valence electrons. The first kappa shape index (κ1) is 29.8. The molecule has 42 heavy (non-hydrogen) atoms. The third-order valence-corrected chi connectivity index (χ3v) is 9.73. The molecule has 11 nitrogen and oxygen atoms in total. The summed E-state index contributed by atoms with van der Waals surface area (Å²) in [7, 11) is 0. The van der Waals surface area contributed by atoms with Crippen molar-refractivity contribution in [3.05, 3.63) is 46.6 Å². The van der Waals surface area contributed by atoms with Crippen LogP contribution in [0.15, 0.2) is 39.8 Å². The average molecular weight is 584 g/mol. The van der Waals surface area contributed by atoms with Crippen LogP contribution in [0.1, 0.15) is 72.5 Å². The molecule has 0 bridgehead atoms. The largest absolute Gasteiger partial charge is 0.482 e. The number of ether oxygens (including phenoxy) is 4. The summed E-state index contributed by atoms with van der Waals surface area (Å²) < 4.78 is 29.5. The van der Waals surface area contributed by atoms with Gasteiger partial charge in [-0.2, -0.15) is 0 Å². The topological polar surface area (TPSA) is 151 Å². The second-order valence-corrected chi connectivity index (χ2v) is 12.4. The van der Waals surface area contributed by atoms with E-state index in [-0.39, 0.29) is 36.0 Å². The zero-order valence-corrected chi connectivity index (χ0v) is 24.7. The molecule has 3 aliphatic rings. The van der Waals surface area contributed by atoms with E-state index in [0.717, 1.165) is 0 Å². The van der Waals surface area contributed by atoms with E-state index in [1.54, 1.807) is 37.5 Å². The van der Waals surface area contributed by atoms with Crippen LogP contribution in [0, 0.1) is 22.7 Å². The first-order chi connectivity index (χ1) is 19.7. The smallest absolute Gasteiger partial charge is 0.345 e. The van der Waals surface area contributed by atoms with Gasteiger partial charge in [0.25, 0.3) is 0 Å². The fourth-order valence-corrected chi connectivity index (χ4v) is 8.04. The SMILES string of the molecule is CC(=O)OC[C@@]1(C)[C@H]2C[C@H](OC(C)=O)[C@@]3(C)Oc4cc(-c5cccnc5)oc(=O)c4[C@H](O)[C@H]3[C@@]2(C)CC[C@@H]1OC(C)=O. The van der Waals surface area contributed by atoms with Gasteiger partial charge in [-0.25, -0.2) is 4.79 Å². The normalized spacial score (nSPS) is 35.0. The van der Waals surface area contributed by atoms with Crippen LogP contribution in [0.3, 0.4) is 0 Å². The molecule has 2 aromatic heterocycles. The standard InChI is InChI=1S/C31H37NO10/c1-16(33)38-15-30(5)22-13-24(40-18(3)35)31(6)27(29(22,4)10-9-23(30)39-17(2)34)26(36)25-21(42-31)12-20(41-28(25)37)19-8-7-11-32-14-19/h7-8,11-12,14,22-24,26-27,36H,9-10,13,15H2,1-6H3/t22-,23-,24-,26-,27-,29-,30-,31+/m0/s1. The van der Waals surface area contributed by atoms with Crippen LogP contribution in [0.25, 0.3) is 11.3 Å². The average Bonchev–Trinajstić information content (AvgIpc) is 2.90. The van der Waals surface area contributed by atoms with Gasteiger partial charge in [0.15, 0.2) is 0 Å². The van der Waals surface area contributed by atoms with Gasteiger partial charge in [-0.1, -0.05) is 13.8 Å². The van der Waals surface area contributed by atoms with Crippen molar-refractivity contribution in [2.75, 3.05) is 6.61 Å². The molecule has 0 saturated heterocycles. The third-order valence-electron chi connectivity index (χ3n) is 9.73. The van der Waals surface area contributed by atoms with Gasteiger partial charge < -0.3 is 28.5 Å². The number of esters is 3. The minimum absolute atomic E-state index is 0.0163. The fraction of sp³-hybridized carbons (Fsp3) is 0.581. The molecule has 11 heteroatoms. The molecule has 0 unspecified atom stereocenters. The van der Waals surface area contributed by atoms with Crippen LogP contribution in [0.5, 0.6) is 5.75 Å². The summed E-state index contributed by atoms with van der Waals surface area (Å²) in [5.74, 6) is -2.25. The summed E-state index contributed by atoms with van der Waals surface area (Å²) in [6.07, 6.45) is 1.53. The van der Waals surface area contributed by atoms with E-state index in [1.807, 2.05) is 13.8 Å². The maximum atomic E-state index is 13.4. The summed E-state index contributed by atoms with van der Waals surface area (Å²) in [6, 6.07) is 5.00. The molecule has 5 rings (SSSR count). The summed E-state index contributed by atoms with van der Waals surface area (Å²) in [6.45, 7) is 9.56. The number of hydrogen-bond donors (Lipinski definition) is 1. The molecule has 1 N–H and O–H groups in total. The zero-order chi connectivity index (χ0) is 30.6. The predicted molar refractivity (Wildman–Crippen MR) is 147 cm³/mol. The van der Waals surface area contributed by atoms with Crippen molar-refractivity contribution >= 4 is 17.9 Å². The van der Waals surface area contributed by atoms with Gasteiger partial charge in [-0.15, -0.1) is 0 Å². The van der Waals surface area contributed by atoms with E-state index in [0.29, 0.717) is 18.4 Å². The van der Waals surface area contributed by atoms with Gasteiger partial charge in [-0.3, -0.25) is 19.4 Å². The predicted octanol–water partition coefficient (Wildman–Crippen LogP) is 3.76. The molecule has 3 heterocycles. The number of hydrogen-bond acceptors (Lipinski definition) is 11. The fourth-order valence-electron chi connectivity index (χ4n) is 8.04. The van der Waals surface area contributed by atoms with E-state index in [9.17, 15) is 24.3 Å². The van der Waals surface area contributed by atoms with Crippen LogP contribution < -0.4 is 10.4 Å². The number of aromatic nitrogens is 1. The van der Waals surface area contributed by atoms with Gasteiger partial charge in [0, 0.05) is 56.1 Å². The van der Waals surface area contributed by atoms with Gasteiger partial charge in [-0.05, 0) is 49.7 Å². The van der Waals surface area contributed by atoms with E-state index in [4.69, 9.17) is 23.4 Å². The van der Waals surface area contributed by atoms with Crippen molar-refractivity contribution in [2.45, 2.75) is 84.7 Å². The highest BCUT2D eigenvalue weighted by molar-refractivity contribution is 5.67. The molecule has 0 radical (unpaired) electrons. The van der Waals surface area contributed by atoms with Crippen LogP contribution in [-0.4, -0.2) is 52.4 Å². The Kier molecular flexibility index (Phi) is 7.45. The van der Waals surface area contributed by atoms with Crippen LogP contribution >= 0.6 is 0 Å². The van der Waals surface area contributed by atoms with E-state index in [2.05, 4.69) is 4.98 Å². The molecule has 0 amide bonds. The first-order valence-electron chi connectivity index (χ1n) is 14.1. The number of rotatable bonds is 5. The lowest BCUT2D eigenvalue weighted by Crippen LogP contribution is -2.71. The van der Waals surface area contributed by atoms with Crippen molar-refractivity contribution < 1.29 is 42.9 Å². The summed E-state index contributed by atoms with van der Waals surface area (Å²) in [5, 5.41) is 12.1. The highest BCUT2D eigenvalue weighted by Gasteiger charge is 2.70. The van der Waals surface area contributed by atoms with E-state index >= 15 is 0 Å². The highest BCUT2D eigenvalue weighted by atomic mass is 16.6. The zero-order valence-electron chi connectivity index (χ0n) is 24.7. The lowest BCUT2D eigenvalue weighted by molar-refractivity contribution is -0.270. The monoisotopic (exact) mass is 583 g/mol. The van der Waals surface area contributed by atoms with E-state index in [1.165, 1.54) is 20.8 Å². The molecule has 2 saturated carbocycles. The number of fused-ring (bicyclic) bond motifs is 4. The molecular formula is C31H37NO10. The Balaban J connectivity index is 1.66. The molecule has 1 aliphatic heterocycles. The van der Waals surface area contributed by atoms with Crippen molar-refractivity contribution in [3.63, 3.8) is 0 Å². The number of aliphatic hydroxyl groups is 1. The molecule has 2 aromatic rings. The van der Waals surface area contributed by atoms with Crippen LogP contribution in [0.2, 0.25) is 0 Å². The highest BCUT2D eigenvalue weighted by Crippen LogP contribution is 2.67. The molecular weight excluding hydrogens is 546 g/mol. The first-order valence-corrected chi connectivity index (χ1v) is 14.1. The molecule has 0 aromatic carbocycles. The minimum Gasteiger partial charge on any atom is -0.482 e. The number of nitrogens with zero attached hydrogens (tertiary/aromatic N) is 1. The quantitative estimate of drug-likeness (QED) is 0.405. The van der Waals surface area contributed by atoms with Crippen molar-refractivity contribution in [2.24, 2.45) is 22.7 Å². The second-order valence-electron chi connectivity index (χ2n) is 12.4. The minimum atomic E-state index is -1.34. The number of aliphatic hydroxyl groups excluding tert-OH is 1. The molecule has 2 fully saturated rings. The Bertz CT molecular complexity index is 1460. The number of carbonyl (C=O) groups excluding carboxylic acids is 3. The number of pyridine rings is 1. The summed E-state index contributed by atoms with van der Waals surface area (Å²) in [5.41, 5.74) is -3.09. The molecule has 0 spiro atoms. The third kappa shape index (κ3) is 4.77. The Morgan fingerprint density at radius 1 is 1.07 bits per heavy atom. The molecule has 2 aliphatic carbocycles. The second kappa shape index (κ2) is 10.5. The van der Waals surface area contributed by atoms with Crippen LogP contribution in [-0.2, 0) is 28.6 Å². The van der Waals surface area contributed by atoms with Gasteiger partial charge >= 0.3 is 23.5 Å².